The van der Waals surface area contributed by atoms with Crippen LogP contribution in [0, 0.1) is 0 Å². The second-order valence-electron chi connectivity index (χ2n) is 8.49. The first-order valence-electron chi connectivity index (χ1n) is 11.1. The van der Waals surface area contributed by atoms with Gasteiger partial charge < -0.3 is 4.98 Å². The van der Waals surface area contributed by atoms with Gasteiger partial charge in [0.05, 0.1) is 28.1 Å². The SMILES string of the molecule is C1=Nc2cc(-c3nc4ccc(C5=Nc6cc(-c7ccncc7)ccc6C5)cc4[nH]3)ccc2C1. The molecule has 7 rings (SSSR count). The summed E-state index contributed by atoms with van der Waals surface area (Å²) in [5.41, 5.74) is 12.2. The van der Waals surface area contributed by atoms with Crippen molar-refractivity contribution in [3.8, 4) is 22.5 Å². The van der Waals surface area contributed by atoms with Crippen LogP contribution in [-0.2, 0) is 12.8 Å². The molecular weight excluding hydrogens is 406 g/mol. The monoisotopic (exact) mass is 425 g/mol. The van der Waals surface area contributed by atoms with E-state index < -0.39 is 0 Å². The van der Waals surface area contributed by atoms with E-state index in [1.165, 1.54) is 11.1 Å². The van der Waals surface area contributed by atoms with Gasteiger partial charge in [-0.25, -0.2) is 4.98 Å². The van der Waals surface area contributed by atoms with E-state index in [1.54, 1.807) is 0 Å². The quantitative estimate of drug-likeness (QED) is 0.372. The van der Waals surface area contributed by atoms with Crippen molar-refractivity contribution in [3.05, 3.63) is 95.8 Å². The third-order valence-electron chi connectivity index (χ3n) is 6.43. The van der Waals surface area contributed by atoms with Crippen LogP contribution in [0.15, 0.2) is 89.1 Å². The normalized spacial score (nSPS) is 13.9. The summed E-state index contributed by atoms with van der Waals surface area (Å²) in [5, 5.41) is 0. The Morgan fingerprint density at radius 3 is 2.45 bits per heavy atom. The van der Waals surface area contributed by atoms with E-state index in [0.29, 0.717) is 0 Å². The molecule has 0 amide bonds. The van der Waals surface area contributed by atoms with E-state index in [9.17, 15) is 0 Å². The number of benzene rings is 3. The topological polar surface area (TPSA) is 66.3 Å². The molecule has 2 aliphatic heterocycles. The van der Waals surface area contributed by atoms with Crippen molar-refractivity contribution in [2.75, 3.05) is 0 Å². The molecule has 0 bridgehead atoms. The largest absolute Gasteiger partial charge is 0.338 e. The van der Waals surface area contributed by atoms with Crippen LogP contribution in [0.4, 0.5) is 11.4 Å². The number of nitrogens with zero attached hydrogens (tertiary/aromatic N) is 4. The summed E-state index contributed by atoms with van der Waals surface area (Å²) in [6, 6.07) is 23.3. The molecule has 0 radical (unpaired) electrons. The first kappa shape index (κ1) is 18.2. The molecule has 2 aromatic heterocycles. The number of aliphatic imine (C=N–C) groups is 2. The Hall–Kier alpha value is -4.38. The number of pyridine rings is 1. The Bertz CT molecular complexity index is 1610. The molecule has 0 aliphatic carbocycles. The summed E-state index contributed by atoms with van der Waals surface area (Å²) in [6.07, 6.45) is 7.34. The van der Waals surface area contributed by atoms with Crippen LogP contribution < -0.4 is 0 Å². The lowest BCUT2D eigenvalue weighted by Crippen LogP contribution is -1.99. The maximum atomic E-state index is 4.97. The Kier molecular flexibility index (Phi) is 3.90. The van der Waals surface area contributed by atoms with Gasteiger partial charge in [-0.15, -0.1) is 0 Å². The molecule has 0 saturated heterocycles. The molecule has 5 heteroatoms. The average Bonchev–Trinajstić information content (AvgIpc) is 3.60. The van der Waals surface area contributed by atoms with E-state index in [-0.39, 0.29) is 0 Å². The number of hydrogen-bond donors (Lipinski definition) is 1. The number of aromatic amines is 1. The van der Waals surface area contributed by atoms with Gasteiger partial charge in [0.2, 0.25) is 0 Å². The molecule has 0 fully saturated rings. The number of H-pyrrole nitrogens is 1. The number of aromatic nitrogens is 3. The molecule has 0 spiro atoms. The van der Waals surface area contributed by atoms with Gasteiger partial charge in [-0.05, 0) is 64.2 Å². The zero-order valence-electron chi connectivity index (χ0n) is 17.8. The second-order valence-corrected chi connectivity index (χ2v) is 8.49. The van der Waals surface area contributed by atoms with Gasteiger partial charge >= 0.3 is 0 Å². The lowest BCUT2D eigenvalue weighted by Gasteiger charge is -2.03. The fraction of sp³-hybridized carbons (Fsp3) is 0.0714. The van der Waals surface area contributed by atoms with Gasteiger partial charge in [-0.3, -0.25) is 15.0 Å². The summed E-state index contributed by atoms with van der Waals surface area (Å²) in [7, 11) is 0. The van der Waals surface area contributed by atoms with Crippen molar-refractivity contribution in [2.24, 2.45) is 9.98 Å². The third-order valence-corrected chi connectivity index (χ3v) is 6.43. The Morgan fingerprint density at radius 1 is 0.697 bits per heavy atom. The summed E-state index contributed by atoms with van der Waals surface area (Å²) in [6.45, 7) is 0. The molecule has 5 aromatic rings. The lowest BCUT2D eigenvalue weighted by molar-refractivity contribution is 1.32. The average molecular weight is 425 g/mol. The smallest absolute Gasteiger partial charge is 0.138 e. The van der Waals surface area contributed by atoms with E-state index >= 15 is 0 Å². The molecule has 1 N–H and O–H groups in total. The van der Waals surface area contributed by atoms with Crippen molar-refractivity contribution in [1.29, 1.82) is 0 Å². The van der Waals surface area contributed by atoms with Gasteiger partial charge in [0.1, 0.15) is 5.82 Å². The first-order chi connectivity index (χ1) is 16.3. The number of nitrogens with one attached hydrogen (secondary N) is 1. The highest BCUT2D eigenvalue weighted by molar-refractivity contribution is 6.08. The predicted octanol–water partition coefficient (Wildman–Crippen LogP) is 6.23. The first-order valence-corrected chi connectivity index (χ1v) is 11.1. The number of rotatable bonds is 3. The van der Waals surface area contributed by atoms with Gasteiger partial charge in [0.15, 0.2) is 0 Å². The van der Waals surface area contributed by atoms with Gasteiger partial charge in [0.25, 0.3) is 0 Å². The molecule has 0 atom stereocenters. The molecule has 156 valence electrons. The van der Waals surface area contributed by atoms with Gasteiger partial charge in [-0.2, -0.15) is 0 Å². The van der Waals surface area contributed by atoms with Crippen molar-refractivity contribution in [3.63, 3.8) is 0 Å². The molecule has 4 heterocycles. The highest BCUT2D eigenvalue weighted by Gasteiger charge is 2.18. The number of fused-ring (bicyclic) bond motifs is 3. The summed E-state index contributed by atoms with van der Waals surface area (Å²) >= 11 is 0. The highest BCUT2D eigenvalue weighted by Crippen LogP contribution is 2.34. The number of imidazole rings is 1. The Balaban J connectivity index is 1.22. The fourth-order valence-electron chi connectivity index (χ4n) is 4.65. The van der Waals surface area contributed by atoms with Crippen LogP contribution in [0.3, 0.4) is 0 Å². The third kappa shape index (κ3) is 3.09. The summed E-state index contributed by atoms with van der Waals surface area (Å²) < 4.78 is 0. The standard InChI is InChI=1S/C28H19N5/c1-4-22(16-24-18(1)9-12-30-24)28-32-23-6-5-21(15-27(23)33-28)26-14-20-3-2-19(13-25(20)31-26)17-7-10-29-11-8-17/h1-8,10-13,15-16H,9,14H2,(H,32,33). The zero-order chi connectivity index (χ0) is 21.8. The molecule has 5 nitrogen and oxygen atoms in total. The van der Waals surface area contributed by atoms with Crippen molar-refractivity contribution >= 4 is 34.3 Å². The molecule has 2 aliphatic rings. The van der Waals surface area contributed by atoms with Gasteiger partial charge in [0, 0.05) is 37.0 Å². The van der Waals surface area contributed by atoms with E-state index in [0.717, 1.165) is 69.0 Å². The Labute approximate surface area is 190 Å². The second kappa shape index (κ2) is 7.07. The molecular formula is C28H19N5. The van der Waals surface area contributed by atoms with Crippen LogP contribution in [0.25, 0.3) is 33.5 Å². The van der Waals surface area contributed by atoms with Crippen molar-refractivity contribution in [2.45, 2.75) is 12.8 Å². The minimum absolute atomic E-state index is 0.835. The Morgan fingerprint density at radius 2 is 1.52 bits per heavy atom. The summed E-state index contributed by atoms with van der Waals surface area (Å²) in [4.78, 5) is 21.9. The fourth-order valence-corrected chi connectivity index (χ4v) is 4.65. The molecule has 0 unspecified atom stereocenters. The van der Waals surface area contributed by atoms with Crippen molar-refractivity contribution in [1.82, 2.24) is 15.0 Å². The van der Waals surface area contributed by atoms with Gasteiger partial charge in [-0.1, -0.05) is 30.3 Å². The van der Waals surface area contributed by atoms with E-state index in [4.69, 9.17) is 9.98 Å². The van der Waals surface area contributed by atoms with Crippen LogP contribution in [0.2, 0.25) is 0 Å². The molecule has 3 aromatic carbocycles. The van der Waals surface area contributed by atoms with Crippen LogP contribution in [-0.4, -0.2) is 26.9 Å². The van der Waals surface area contributed by atoms with Crippen LogP contribution in [0.5, 0.6) is 0 Å². The van der Waals surface area contributed by atoms with E-state index in [2.05, 4.69) is 69.6 Å². The highest BCUT2D eigenvalue weighted by atomic mass is 14.9. The molecule has 0 saturated carbocycles. The maximum Gasteiger partial charge on any atom is 0.138 e. The minimum Gasteiger partial charge on any atom is -0.338 e. The van der Waals surface area contributed by atoms with E-state index in [1.807, 2.05) is 30.7 Å². The molecule has 33 heavy (non-hydrogen) atoms. The van der Waals surface area contributed by atoms with Crippen LogP contribution in [0.1, 0.15) is 16.7 Å². The predicted molar refractivity (Wildman–Crippen MR) is 133 cm³/mol. The number of hydrogen-bond acceptors (Lipinski definition) is 4. The minimum atomic E-state index is 0.835. The zero-order valence-corrected chi connectivity index (χ0v) is 17.8. The van der Waals surface area contributed by atoms with Crippen molar-refractivity contribution < 1.29 is 0 Å². The summed E-state index contributed by atoms with van der Waals surface area (Å²) in [5.74, 6) is 0.866. The maximum absolute atomic E-state index is 4.97. The lowest BCUT2D eigenvalue weighted by atomic mass is 10.0. The van der Waals surface area contributed by atoms with Crippen LogP contribution >= 0.6 is 0 Å².